The zero-order valence-corrected chi connectivity index (χ0v) is 14.9. The number of nitrogens with one attached hydrogen (secondary N) is 1. The van der Waals surface area contributed by atoms with Crippen LogP contribution in [0.3, 0.4) is 0 Å². The average Bonchev–Trinajstić information content (AvgIpc) is 3.14. The fraction of sp³-hybridized carbons (Fsp3) is 0.444. The van der Waals surface area contributed by atoms with Gasteiger partial charge in [-0.05, 0) is 30.5 Å². The first-order valence-corrected chi connectivity index (χ1v) is 8.66. The number of carbonyl (C=O) groups is 2. The number of piperazine rings is 1. The van der Waals surface area contributed by atoms with Crippen molar-refractivity contribution in [2.75, 3.05) is 26.2 Å². The molecule has 0 atom stereocenters. The Kier molecular flexibility index (Phi) is 5.20. The maximum atomic E-state index is 12.7. The molecule has 2 aromatic heterocycles. The monoisotopic (exact) mass is 358 g/mol. The Morgan fingerprint density at radius 2 is 1.85 bits per heavy atom. The van der Waals surface area contributed by atoms with Crippen LogP contribution in [-0.4, -0.2) is 57.8 Å². The third-order valence-electron chi connectivity index (χ3n) is 4.23. The minimum Gasteiger partial charge on any atom is -0.459 e. The molecule has 1 N–H and O–H groups in total. The van der Waals surface area contributed by atoms with Crippen LogP contribution >= 0.6 is 0 Å². The molecule has 1 aliphatic heterocycles. The molecule has 0 saturated carbocycles. The summed E-state index contributed by atoms with van der Waals surface area (Å²) in [5.41, 5.74) is 0.336. The second-order valence-corrected chi connectivity index (χ2v) is 6.76. The topological polar surface area (TPSA) is 99.5 Å². The maximum Gasteiger partial charge on any atom is 0.345 e. The summed E-state index contributed by atoms with van der Waals surface area (Å²) in [6, 6.07) is 4.93. The molecule has 0 aromatic carbocycles. The van der Waals surface area contributed by atoms with Crippen molar-refractivity contribution in [3.8, 4) is 0 Å². The Morgan fingerprint density at radius 1 is 1.19 bits per heavy atom. The molecule has 0 spiro atoms. The van der Waals surface area contributed by atoms with Crippen molar-refractivity contribution in [1.82, 2.24) is 19.8 Å². The molecule has 1 saturated heterocycles. The van der Waals surface area contributed by atoms with Crippen LogP contribution in [0.15, 0.2) is 33.7 Å². The molecule has 1 fully saturated rings. The van der Waals surface area contributed by atoms with Gasteiger partial charge in [-0.1, -0.05) is 13.8 Å². The number of hydrogen-bond acceptors (Lipinski definition) is 5. The molecular formula is C18H22N4O4. The number of aromatic nitrogens is 2. The molecular weight excluding hydrogens is 336 g/mol. The van der Waals surface area contributed by atoms with E-state index in [1.807, 2.05) is 13.8 Å². The van der Waals surface area contributed by atoms with Gasteiger partial charge in [-0.2, -0.15) is 4.98 Å². The molecule has 8 nitrogen and oxygen atoms in total. The van der Waals surface area contributed by atoms with Crippen LogP contribution in [0.2, 0.25) is 0 Å². The Labute approximate surface area is 150 Å². The molecule has 0 aliphatic carbocycles. The van der Waals surface area contributed by atoms with Crippen LogP contribution in [0.25, 0.3) is 0 Å². The van der Waals surface area contributed by atoms with Crippen molar-refractivity contribution in [2.24, 2.45) is 5.92 Å². The fourth-order valence-corrected chi connectivity index (χ4v) is 3.00. The molecule has 2 aromatic rings. The predicted molar refractivity (Wildman–Crippen MR) is 93.9 cm³/mol. The van der Waals surface area contributed by atoms with Crippen LogP contribution in [0.4, 0.5) is 0 Å². The lowest BCUT2D eigenvalue weighted by Gasteiger charge is -2.34. The summed E-state index contributed by atoms with van der Waals surface area (Å²) in [7, 11) is 0. The van der Waals surface area contributed by atoms with Crippen LogP contribution in [0, 0.1) is 5.92 Å². The summed E-state index contributed by atoms with van der Waals surface area (Å²) < 4.78 is 5.13. The van der Waals surface area contributed by atoms with Gasteiger partial charge in [0, 0.05) is 31.9 Å². The lowest BCUT2D eigenvalue weighted by molar-refractivity contribution is 0.0515. The Hall–Kier alpha value is -2.90. The largest absolute Gasteiger partial charge is 0.459 e. The van der Waals surface area contributed by atoms with Gasteiger partial charge in [0.25, 0.3) is 11.8 Å². The fourth-order valence-electron chi connectivity index (χ4n) is 3.00. The number of aromatic amines is 1. The molecule has 0 radical (unpaired) electrons. The number of carbonyl (C=O) groups excluding carboxylic acids is 2. The molecule has 3 heterocycles. The van der Waals surface area contributed by atoms with E-state index in [2.05, 4.69) is 9.97 Å². The quantitative estimate of drug-likeness (QED) is 0.884. The van der Waals surface area contributed by atoms with E-state index in [1.165, 1.54) is 6.26 Å². The Morgan fingerprint density at radius 3 is 2.42 bits per heavy atom. The molecule has 0 unspecified atom stereocenters. The van der Waals surface area contributed by atoms with E-state index in [0.29, 0.717) is 50.0 Å². The highest BCUT2D eigenvalue weighted by atomic mass is 16.3. The first-order chi connectivity index (χ1) is 12.4. The Bertz CT molecular complexity index is 833. The van der Waals surface area contributed by atoms with Crippen LogP contribution in [-0.2, 0) is 6.42 Å². The number of nitrogens with zero attached hydrogens (tertiary/aromatic N) is 3. The summed E-state index contributed by atoms with van der Waals surface area (Å²) in [6.45, 7) is 5.67. The van der Waals surface area contributed by atoms with E-state index in [1.54, 1.807) is 28.0 Å². The van der Waals surface area contributed by atoms with Gasteiger partial charge < -0.3 is 19.2 Å². The third-order valence-corrected chi connectivity index (χ3v) is 4.23. The SMILES string of the molecule is CC(C)Cc1cc(C(=O)N2CCN(C(=O)c3ccco3)CC2)nc(=O)[nH]1. The number of rotatable bonds is 4. The van der Waals surface area contributed by atoms with Crippen molar-refractivity contribution >= 4 is 11.8 Å². The van der Waals surface area contributed by atoms with E-state index >= 15 is 0 Å². The minimum atomic E-state index is -0.516. The average molecular weight is 358 g/mol. The lowest BCUT2D eigenvalue weighted by Crippen LogP contribution is -2.50. The maximum absolute atomic E-state index is 12.7. The smallest absolute Gasteiger partial charge is 0.345 e. The molecule has 138 valence electrons. The van der Waals surface area contributed by atoms with E-state index in [-0.39, 0.29) is 17.5 Å². The highest BCUT2D eigenvalue weighted by molar-refractivity contribution is 5.93. The number of hydrogen-bond donors (Lipinski definition) is 1. The van der Waals surface area contributed by atoms with Gasteiger partial charge in [0.05, 0.1) is 6.26 Å². The van der Waals surface area contributed by atoms with Crippen molar-refractivity contribution in [2.45, 2.75) is 20.3 Å². The van der Waals surface area contributed by atoms with Crippen LogP contribution in [0.1, 0.15) is 40.6 Å². The van der Waals surface area contributed by atoms with E-state index in [4.69, 9.17) is 4.42 Å². The van der Waals surface area contributed by atoms with Crippen LogP contribution in [0.5, 0.6) is 0 Å². The molecule has 2 amide bonds. The van der Waals surface area contributed by atoms with Gasteiger partial charge in [-0.15, -0.1) is 0 Å². The van der Waals surface area contributed by atoms with Gasteiger partial charge in [0.15, 0.2) is 5.76 Å². The second-order valence-electron chi connectivity index (χ2n) is 6.76. The van der Waals surface area contributed by atoms with Crippen molar-refractivity contribution < 1.29 is 14.0 Å². The van der Waals surface area contributed by atoms with Gasteiger partial charge in [0.1, 0.15) is 5.69 Å². The Balaban J connectivity index is 1.66. The second kappa shape index (κ2) is 7.55. The van der Waals surface area contributed by atoms with E-state index in [0.717, 1.165) is 0 Å². The van der Waals surface area contributed by atoms with Crippen molar-refractivity contribution in [3.05, 3.63) is 52.1 Å². The molecule has 0 bridgehead atoms. The molecule has 3 rings (SSSR count). The number of H-pyrrole nitrogens is 1. The van der Waals surface area contributed by atoms with Crippen LogP contribution < -0.4 is 5.69 Å². The third kappa shape index (κ3) is 4.01. The van der Waals surface area contributed by atoms with Crippen molar-refractivity contribution in [3.63, 3.8) is 0 Å². The van der Waals surface area contributed by atoms with Gasteiger partial charge >= 0.3 is 5.69 Å². The van der Waals surface area contributed by atoms with Gasteiger partial charge in [0.2, 0.25) is 0 Å². The van der Waals surface area contributed by atoms with Gasteiger partial charge in [-0.3, -0.25) is 9.59 Å². The number of furan rings is 1. The zero-order valence-electron chi connectivity index (χ0n) is 14.9. The first-order valence-electron chi connectivity index (χ1n) is 8.66. The highest BCUT2D eigenvalue weighted by Crippen LogP contribution is 2.12. The normalized spacial score (nSPS) is 14.7. The summed E-state index contributed by atoms with van der Waals surface area (Å²) in [6.07, 6.45) is 2.13. The van der Waals surface area contributed by atoms with Crippen molar-refractivity contribution in [1.29, 1.82) is 0 Å². The lowest BCUT2D eigenvalue weighted by atomic mass is 10.1. The summed E-state index contributed by atoms with van der Waals surface area (Å²) in [5.74, 6) is 0.174. The molecule has 1 aliphatic rings. The summed E-state index contributed by atoms with van der Waals surface area (Å²) in [4.78, 5) is 46.5. The first kappa shape index (κ1) is 17.9. The van der Waals surface area contributed by atoms with Gasteiger partial charge in [-0.25, -0.2) is 4.79 Å². The predicted octanol–water partition coefficient (Wildman–Crippen LogP) is 1.16. The van der Waals surface area contributed by atoms with E-state index in [9.17, 15) is 14.4 Å². The standard InChI is InChI=1S/C18H22N4O4/c1-12(2)10-13-11-14(20-18(25)19-13)16(23)21-5-7-22(8-6-21)17(24)15-4-3-9-26-15/h3-4,9,11-12H,5-8,10H2,1-2H3,(H,19,20,25). The summed E-state index contributed by atoms with van der Waals surface area (Å²) in [5, 5.41) is 0. The highest BCUT2D eigenvalue weighted by Gasteiger charge is 2.27. The number of amides is 2. The van der Waals surface area contributed by atoms with E-state index < -0.39 is 5.69 Å². The minimum absolute atomic E-state index is 0.148. The molecule has 8 heteroatoms. The molecule has 26 heavy (non-hydrogen) atoms. The zero-order chi connectivity index (χ0) is 18.7. The summed E-state index contributed by atoms with van der Waals surface area (Å²) >= 11 is 0.